The summed E-state index contributed by atoms with van der Waals surface area (Å²) in [4.78, 5) is 17.9. The van der Waals surface area contributed by atoms with E-state index in [0.717, 1.165) is 54.5 Å². The number of likely N-dealkylation sites (tertiary alicyclic amines) is 1. The number of rotatable bonds is 4. The molecule has 5 rings (SSSR count). The van der Waals surface area contributed by atoms with Crippen LogP contribution in [0.3, 0.4) is 0 Å². The van der Waals surface area contributed by atoms with Crippen LogP contribution in [0, 0.1) is 0 Å². The SMILES string of the molecule is COc1cc2c(cc1OC)C(O)C(N1CCC(n3c(=O)[nH]c4cc(Cl)ccc43)CC1)C2. The molecule has 0 saturated carbocycles. The highest BCUT2D eigenvalue weighted by atomic mass is 35.5. The fourth-order valence-electron chi connectivity index (χ4n) is 5.20. The van der Waals surface area contributed by atoms with Crippen LogP contribution < -0.4 is 15.2 Å². The number of aliphatic hydroxyl groups excluding tert-OH is 1. The van der Waals surface area contributed by atoms with E-state index in [1.165, 1.54) is 0 Å². The second-order valence-electron chi connectivity index (χ2n) is 8.35. The normalized spacial score (nSPS) is 22.1. The number of aliphatic hydroxyl groups is 1. The molecule has 2 heterocycles. The molecule has 0 spiro atoms. The molecule has 1 aromatic heterocycles. The van der Waals surface area contributed by atoms with Gasteiger partial charge >= 0.3 is 5.69 Å². The molecule has 1 saturated heterocycles. The maximum atomic E-state index is 12.6. The minimum atomic E-state index is -0.565. The minimum Gasteiger partial charge on any atom is -0.493 e. The summed E-state index contributed by atoms with van der Waals surface area (Å²) in [6.07, 6.45) is 1.90. The summed E-state index contributed by atoms with van der Waals surface area (Å²) >= 11 is 6.07. The Morgan fingerprint density at radius 1 is 1.10 bits per heavy atom. The van der Waals surface area contributed by atoms with Crippen LogP contribution in [0.5, 0.6) is 11.5 Å². The van der Waals surface area contributed by atoms with E-state index in [-0.39, 0.29) is 17.8 Å². The molecule has 2 atom stereocenters. The van der Waals surface area contributed by atoms with Crippen molar-refractivity contribution in [1.29, 1.82) is 0 Å². The van der Waals surface area contributed by atoms with Gasteiger partial charge in [-0.15, -0.1) is 0 Å². The number of aromatic amines is 1. The van der Waals surface area contributed by atoms with E-state index < -0.39 is 6.10 Å². The summed E-state index contributed by atoms with van der Waals surface area (Å²) in [7, 11) is 3.23. The van der Waals surface area contributed by atoms with Gasteiger partial charge in [0.1, 0.15) is 0 Å². The average molecular weight is 444 g/mol. The molecule has 2 aliphatic rings. The van der Waals surface area contributed by atoms with Crippen molar-refractivity contribution in [3.63, 3.8) is 0 Å². The zero-order valence-corrected chi connectivity index (χ0v) is 18.4. The molecular formula is C23H26ClN3O4. The van der Waals surface area contributed by atoms with Crippen molar-refractivity contribution in [2.45, 2.75) is 37.5 Å². The number of methoxy groups -OCH3 is 2. The highest BCUT2D eigenvalue weighted by Crippen LogP contribution is 2.42. The predicted molar refractivity (Wildman–Crippen MR) is 119 cm³/mol. The van der Waals surface area contributed by atoms with Gasteiger partial charge < -0.3 is 19.6 Å². The van der Waals surface area contributed by atoms with Crippen LogP contribution in [-0.2, 0) is 6.42 Å². The van der Waals surface area contributed by atoms with Crippen molar-refractivity contribution in [1.82, 2.24) is 14.5 Å². The number of hydrogen-bond donors (Lipinski definition) is 2. The van der Waals surface area contributed by atoms with Gasteiger partial charge in [-0.1, -0.05) is 11.6 Å². The molecular weight excluding hydrogens is 418 g/mol. The van der Waals surface area contributed by atoms with Crippen LogP contribution in [0.2, 0.25) is 5.02 Å². The standard InChI is InChI=1S/C23H26ClN3O4/c1-30-20-10-13-9-19(22(28)16(13)12-21(20)31-2)26-7-5-15(6-8-26)27-18-4-3-14(24)11-17(18)25-23(27)29/h3-4,10-12,15,19,22,28H,5-9H2,1-2H3,(H,25,29). The first kappa shape index (κ1) is 20.4. The van der Waals surface area contributed by atoms with Gasteiger partial charge in [-0.05, 0) is 60.7 Å². The number of aromatic nitrogens is 2. The first-order valence-corrected chi connectivity index (χ1v) is 10.9. The lowest BCUT2D eigenvalue weighted by atomic mass is 10.0. The third-order valence-electron chi connectivity index (χ3n) is 6.77. The number of hydrogen-bond acceptors (Lipinski definition) is 5. The molecule has 0 amide bonds. The van der Waals surface area contributed by atoms with Crippen molar-refractivity contribution in [3.05, 3.63) is 57.0 Å². The highest BCUT2D eigenvalue weighted by Gasteiger charge is 2.38. The Hall–Kier alpha value is -2.48. The average Bonchev–Trinajstić information content (AvgIpc) is 3.28. The number of H-pyrrole nitrogens is 1. The zero-order valence-electron chi connectivity index (χ0n) is 17.6. The van der Waals surface area contributed by atoms with E-state index >= 15 is 0 Å². The summed E-state index contributed by atoms with van der Waals surface area (Å²) < 4.78 is 12.7. The highest BCUT2D eigenvalue weighted by molar-refractivity contribution is 6.31. The molecule has 2 N–H and O–H groups in total. The van der Waals surface area contributed by atoms with E-state index in [4.69, 9.17) is 21.1 Å². The van der Waals surface area contributed by atoms with Crippen LogP contribution >= 0.6 is 11.6 Å². The Morgan fingerprint density at radius 2 is 1.81 bits per heavy atom. The number of nitrogens with one attached hydrogen (secondary N) is 1. The third-order valence-corrected chi connectivity index (χ3v) is 7.00. The van der Waals surface area contributed by atoms with Gasteiger partial charge in [0.15, 0.2) is 11.5 Å². The molecule has 1 fully saturated rings. The van der Waals surface area contributed by atoms with E-state index in [2.05, 4.69) is 9.88 Å². The smallest absolute Gasteiger partial charge is 0.326 e. The second-order valence-corrected chi connectivity index (χ2v) is 8.79. The maximum Gasteiger partial charge on any atom is 0.326 e. The molecule has 0 radical (unpaired) electrons. The first-order chi connectivity index (χ1) is 15.0. The Balaban J connectivity index is 1.33. The van der Waals surface area contributed by atoms with Crippen molar-refractivity contribution in [3.8, 4) is 11.5 Å². The van der Waals surface area contributed by atoms with Crippen LogP contribution in [0.25, 0.3) is 11.0 Å². The number of nitrogens with zero attached hydrogens (tertiary/aromatic N) is 2. The fourth-order valence-corrected chi connectivity index (χ4v) is 5.38. The van der Waals surface area contributed by atoms with Crippen LogP contribution in [0.4, 0.5) is 0 Å². The second kappa shape index (κ2) is 7.89. The van der Waals surface area contributed by atoms with Gasteiger partial charge in [0.05, 0.1) is 31.4 Å². The Morgan fingerprint density at radius 3 is 2.52 bits per heavy atom. The summed E-state index contributed by atoms with van der Waals surface area (Å²) in [5.74, 6) is 1.32. The Kier molecular flexibility index (Phi) is 5.20. The molecule has 2 unspecified atom stereocenters. The maximum absolute atomic E-state index is 12.6. The van der Waals surface area contributed by atoms with Gasteiger partial charge in [-0.3, -0.25) is 9.47 Å². The molecule has 0 bridgehead atoms. The topological polar surface area (TPSA) is 79.7 Å². The summed E-state index contributed by atoms with van der Waals surface area (Å²) in [5.41, 5.74) is 3.57. The number of ether oxygens (including phenoxy) is 2. The van der Waals surface area contributed by atoms with E-state index in [9.17, 15) is 9.90 Å². The number of benzene rings is 2. The molecule has 8 heteroatoms. The van der Waals surface area contributed by atoms with Crippen LogP contribution in [0.15, 0.2) is 35.1 Å². The predicted octanol–water partition coefficient (Wildman–Crippen LogP) is 3.30. The fraction of sp³-hybridized carbons (Fsp3) is 0.435. The lowest BCUT2D eigenvalue weighted by Gasteiger charge is -2.37. The van der Waals surface area contributed by atoms with Gasteiger partial charge in [-0.2, -0.15) is 0 Å². The van der Waals surface area contributed by atoms with Crippen molar-refractivity contribution in [2.24, 2.45) is 0 Å². The van der Waals surface area contributed by atoms with E-state index in [0.29, 0.717) is 16.5 Å². The van der Waals surface area contributed by atoms with E-state index in [1.807, 2.05) is 28.8 Å². The van der Waals surface area contributed by atoms with Gasteiger partial charge in [0, 0.05) is 30.2 Å². The van der Waals surface area contributed by atoms with Crippen molar-refractivity contribution < 1.29 is 14.6 Å². The summed E-state index contributed by atoms with van der Waals surface area (Å²) in [6.45, 7) is 1.64. The lowest BCUT2D eigenvalue weighted by molar-refractivity contribution is 0.0405. The van der Waals surface area contributed by atoms with Crippen molar-refractivity contribution in [2.75, 3.05) is 27.3 Å². The largest absolute Gasteiger partial charge is 0.493 e. The molecule has 3 aromatic rings. The molecule has 7 nitrogen and oxygen atoms in total. The third kappa shape index (κ3) is 3.41. The van der Waals surface area contributed by atoms with E-state index in [1.54, 1.807) is 20.3 Å². The Bertz CT molecular complexity index is 1180. The first-order valence-electron chi connectivity index (χ1n) is 10.6. The van der Waals surface area contributed by atoms with Crippen molar-refractivity contribution >= 4 is 22.6 Å². The monoisotopic (exact) mass is 443 g/mol. The molecule has 1 aliphatic carbocycles. The summed E-state index contributed by atoms with van der Waals surface area (Å²) in [6, 6.07) is 9.52. The quantitative estimate of drug-likeness (QED) is 0.646. The van der Waals surface area contributed by atoms with Crippen LogP contribution in [-0.4, -0.2) is 52.9 Å². The van der Waals surface area contributed by atoms with Gasteiger partial charge in [-0.25, -0.2) is 4.79 Å². The number of piperidine rings is 1. The molecule has 2 aromatic carbocycles. The lowest BCUT2D eigenvalue weighted by Crippen LogP contribution is -2.44. The van der Waals surface area contributed by atoms with Gasteiger partial charge in [0.25, 0.3) is 0 Å². The van der Waals surface area contributed by atoms with Gasteiger partial charge in [0.2, 0.25) is 0 Å². The molecule has 31 heavy (non-hydrogen) atoms. The Labute approximate surface area is 185 Å². The number of fused-ring (bicyclic) bond motifs is 2. The number of halogens is 1. The zero-order chi connectivity index (χ0) is 21.7. The molecule has 1 aliphatic heterocycles. The summed E-state index contributed by atoms with van der Waals surface area (Å²) in [5, 5.41) is 11.6. The molecule has 164 valence electrons. The number of imidazole rings is 1. The van der Waals surface area contributed by atoms with Crippen LogP contribution in [0.1, 0.15) is 36.1 Å². The minimum absolute atomic E-state index is 0.0197.